The lowest BCUT2D eigenvalue weighted by molar-refractivity contribution is -0.132. The summed E-state index contributed by atoms with van der Waals surface area (Å²) in [7, 11) is 0. The molecule has 0 unspecified atom stereocenters. The van der Waals surface area contributed by atoms with E-state index in [1.165, 1.54) is 23.9 Å². The van der Waals surface area contributed by atoms with Crippen molar-refractivity contribution in [3.63, 3.8) is 0 Å². The summed E-state index contributed by atoms with van der Waals surface area (Å²) < 4.78 is 22.5. The first-order valence-corrected chi connectivity index (χ1v) is 12.9. The van der Waals surface area contributed by atoms with Crippen LogP contribution in [0.15, 0.2) is 39.7 Å². The third kappa shape index (κ3) is 5.15. The number of ether oxygens (including phenoxy) is 1. The molecule has 4 rings (SSSR count). The first-order valence-electron chi connectivity index (χ1n) is 11.7. The number of nitrogens with zero attached hydrogens (tertiary/aromatic N) is 2. The van der Waals surface area contributed by atoms with Gasteiger partial charge in [0.05, 0.1) is 16.1 Å². The molecule has 0 aliphatic carbocycles. The highest BCUT2D eigenvalue weighted by molar-refractivity contribution is 8.03. The number of thioether (sulfide) groups is 1. The van der Waals surface area contributed by atoms with E-state index in [4.69, 9.17) is 16.3 Å². The molecule has 188 valence electrons. The molecule has 9 heteroatoms. The molecule has 0 atom stereocenters. The van der Waals surface area contributed by atoms with Gasteiger partial charge in [0, 0.05) is 42.3 Å². The van der Waals surface area contributed by atoms with Crippen molar-refractivity contribution in [3.05, 3.63) is 51.3 Å². The lowest BCUT2D eigenvalue weighted by Gasteiger charge is -2.33. The first-order chi connectivity index (χ1) is 16.7. The monoisotopic (exact) mass is 520 g/mol. The fraction of sp³-hybridized carbons (Fsp3) is 0.462. The highest BCUT2D eigenvalue weighted by Gasteiger charge is 2.41. The van der Waals surface area contributed by atoms with Crippen LogP contribution >= 0.6 is 23.4 Å². The van der Waals surface area contributed by atoms with Gasteiger partial charge < -0.3 is 19.3 Å². The van der Waals surface area contributed by atoms with E-state index >= 15 is 4.39 Å². The summed E-state index contributed by atoms with van der Waals surface area (Å²) in [6, 6.07) is 3.27. The number of carbonyl (C=O) groups excluding carboxylic acids is 1. The molecular formula is C26H30ClFN2O4S. The van der Waals surface area contributed by atoms with Gasteiger partial charge in [-0.15, -0.1) is 0 Å². The van der Waals surface area contributed by atoms with Crippen molar-refractivity contribution < 1.29 is 23.8 Å². The molecule has 1 amide bonds. The molecule has 6 nitrogen and oxygen atoms in total. The standard InChI is InChI=1S/C26H30ClFN2O4S/c1-4-18(25(32)33)13-16(2)35-24-17(3)30(23-19(24)5-6-20(27)22(23)28)14-21(31)29-10-7-26(15-29)8-11-34-12-9-26/h4-6,13H,7-12,14-15H2,1-3H3,(H,32,33). The predicted molar refractivity (Wildman–Crippen MR) is 136 cm³/mol. The van der Waals surface area contributed by atoms with Crippen LogP contribution in [-0.4, -0.2) is 52.8 Å². The number of hydrogen-bond donors (Lipinski definition) is 1. The average molecular weight is 521 g/mol. The Kier molecular flexibility index (Phi) is 7.64. The Hall–Kier alpha value is -2.29. The Balaban J connectivity index is 1.66. The van der Waals surface area contributed by atoms with Crippen LogP contribution in [-0.2, 0) is 20.9 Å². The third-order valence-corrected chi connectivity index (χ3v) is 8.59. The molecule has 2 aliphatic rings. The number of fused-ring (bicyclic) bond motifs is 1. The van der Waals surface area contributed by atoms with Crippen LogP contribution in [0.1, 0.15) is 38.8 Å². The zero-order valence-electron chi connectivity index (χ0n) is 20.2. The number of benzene rings is 1. The molecule has 1 N–H and O–H groups in total. The predicted octanol–water partition coefficient (Wildman–Crippen LogP) is 5.80. The minimum absolute atomic E-state index is 0.00285. The molecule has 2 fully saturated rings. The van der Waals surface area contributed by atoms with E-state index in [-0.39, 0.29) is 28.5 Å². The molecule has 2 aromatic rings. The largest absolute Gasteiger partial charge is 0.478 e. The minimum atomic E-state index is -1.01. The molecule has 0 radical (unpaired) electrons. The van der Waals surface area contributed by atoms with E-state index in [0.717, 1.165) is 48.0 Å². The maximum absolute atomic E-state index is 15.3. The van der Waals surface area contributed by atoms with Crippen molar-refractivity contribution in [2.24, 2.45) is 5.41 Å². The molecule has 1 aromatic heterocycles. The molecule has 3 heterocycles. The Morgan fingerprint density at radius 2 is 2.00 bits per heavy atom. The third-order valence-electron chi connectivity index (χ3n) is 7.13. The van der Waals surface area contributed by atoms with Gasteiger partial charge in [0.15, 0.2) is 5.82 Å². The summed E-state index contributed by atoms with van der Waals surface area (Å²) >= 11 is 7.48. The normalized spacial score (nSPS) is 18.6. The van der Waals surface area contributed by atoms with Gasteiger partial charge in [-0.1, -0.05) is 29.4 Å². The highest BCUT2D eigenvalue weighted by Crippen LogP contribution is 2.42. The van der Waals surface area contributed by atoms with Crippen molar-refractivity contribution in [2.45, 2.75) is 51.5 Å². The average Bonchev–Trinajstić information content (AvgIpc) is 3.35. The number of aliphatic carboxylic acids is 1. The number of carboxylic acid groups (broad SMARTS) is 1. The van der Waals surface area contributed by atoms with Crippen molar-refractivity contribution in [3.8, 4) is 0 Å². The second-order valence-electron chi connectivity index (χ2n) is 9.34. The molecular weight excluding hydrogens is 491 g/mol. The SMILES string of the molecule is CC=C(C=C(C)Sc1c(C)n(CC(=O)N2CCC3(CCOCC3)C2)c2c(F)c(Cl)ccc12)C(=O)O. The van der Waals surface area contributed by atoms with Crippen LogP contribution in [0.4, 0.5) is 4.39 Å². The number of aromatic nitrogens is 1. The summed E-state index contributed by atoms with van der Waals surface area (Å²) in [5, 5.41) is 9.99. The van der Waals surface area contributed by atoms with E-state index in [0.29, 0.717) is 24.0 Å². The lowest BCUT2D eigenvalue weighted by atomic mass is 9.80. The molecule has 0 saturated carbocycles. The van der Waals surface area contributed by atoms with Gasteiger partial charge in [-0.05, 0) is 68.6 Å². The Bertz CT molecular complexity index is 1230. The van der Waals surface area contributed by atoms with Gasteiger partial charge in [-0.25, -0.2) is 9.18 Å². The van der Waals surface area contributed by atoms with Gasteiger partial charge in [-0.3, -0.25) is 4.79 Å². The van der Waals surface area contributed by atoms with Crippen LogP contribution in [0.3, 0.4) is 0 Å². The summed E-state index contributed by atoms with van der Waals surface area (Å²) in [5.74, 6) is -1.61. The second kappa shape index (κ2) is 10.4. The number of allylic oxidation sites excluding steroid dienone is 2. The van der Waals surface area contributed by atoms with Crippen molar-refractivity contribution in [1.29, 1.82) is 0 Å². The zero-order chi connectivity index (χ0) is 25.3. The van der Waals surface area contributed by atoms with E-state index in [2.05, 4.69) is 0 Å². The number of rotatable bonds is 6. The molecule has 1 aromatic carbocycles. The van der Waals surface area contributed by atoms with Crippen molar-refractivity contribution in [1.82, 2.24) is 9.47 Å². The smallest absolute Gasteiger partial charge is 0.335 e. The maximum atomic E-state index is 15.3. The Morgan fingerprint density at radius 1 is 1.29 bits per heavy atom. The van der Waals surface area contributed by atoms with E-state index in [1.54, 1.807) is 23.6 Å². The molecule has 35 heavy (non-hydrogen) atoms. The summed E-state index contributed by atoms with van der Waals surface area (Å²) in [6.45, 7) is 8.23. The van der Waals surface area contributed by atoms with E-state index < -0.39 is 11.8 Å². The van der Waals surface area contributed by atoms with E-state index in [9.17, 15) is 14.7 Å². The number of hydrogen-bond acceptors (Lipinski definition) is 4. The summed E-state index contributed by atoms with van der Waals surface area (Å²) in [4.78, 5) is 28.2. The first kappa shape index (κ1) is 25.8. The maximum Gasteiger partial charge on any atom is 0.335 e. The van der Waals surface area contributed by atoms with E-state index in [1.807, 2.05) is 18.7 Å². The van der Waals surface area contributed by atoms with Crippen molar-refractivity contribution in [2.75, 3.05) is 26.3 Å². The van der Waals surface area contributed by atoms with Crippen LogP contribution in [0.2, 0.25) is 5.02 Å². The fourth-order valence-electron chi connectivity index (χ4n) is 5.07. The minimum Gasteiger partial charge on any atom is -0.478 e. The molecule has 1 spiro atoms. The molecule has 2 aliphatic heterocycles. The number of carbonyl (C=O) groups is 2. The molecule has 2 saturated heterocycles. The van der Waals surface area contributed by atoms with Gasteiger partial charge in [0.25, 0.3) is 0 Å². The number of likely N-dealkylation sites (tertiary alicyclic amines) is 1. The van der Waals surface area contributed by atoms with Gasteiger partial charge in [0.1, 0.15) is 6.54 Å². The number of halogens is 2. The van der Waals surface area contributed by atoms with Crippen LogP contribution < -0.4 is 0 Å². The highest BCUT2D eigenvalue weighted by atomic mass is 35.5. The second-order valence-corrected chi connectivity index (χ2v) is 11.0. The fourth-order valence-corrected chi connectivity index (χ4v) is 6.27. The molecule has 0 bridgehead atoms. The number of amides is 1. The summed E-state index contributed by atoms with van der Waals surface area (Å²) in [6.07, 6.45) is 6.01. The Morgan fingerprint density at radius 3 is 2.66 bits per heavy atom. The number of carboxylic acids is 1. The lowest BCUT2D eigenvalue weighted by Crippen LogP contribution is -2.37. The Labute approximate surface area is 213 Å². The van der Waals surface area contributed by atoms with Crippen LogP contribution in [0.5, 0.6) is 0 Å². The quantitative estimate of drug-likeness (QED) is 0.296. The van der Waals surface area contributed by atoms with Crippen LogP contribution in [0.25, 0.3) is 10.9 Å². The van der Waals surface area contributed by atoms with Crippen LogP contribution in [0, 0.1) is 18.2 Å². The van der Waals surface area contributed by atoms with Gasteiger partial charge in [0.2, 0.25) is 5.91 Å². The topological polar surface area (TPSA) is 71.8 Å². The summed E-state index contributed by atoms with van der Waals surface area (Å²) in [5.41, 5.74) is 1.35. The zero-order valence-corrected chi connectivity index (χ0v) is 21.8. The van der Waals surface area contributed by atoms with Gasteiger partial charge in [-0.2, -0.15) is 0 Å². The van der Waals surface area contributed by atoms with Gasteiger partial charge >= 0.3 is 5.97 Å². The van der Waals surface area contributed by atoms with Crippen molar-refractivity contribution >= 4 is 46.1 Å².